The Kier molecular flexibility index (Phi) is 1.86. The van der Waals surface area contributed by atoms with E-state index in [1.807, 2.05) is 25.1 Å². The van der Waals surface area contributed by atoms with Gasteiger partial charge in [-0.15, -0.1) is 0 Å². The summed E-state index contributed by atoms with van der Waals surface area (Å²) in [4.78, 5) is 11.1. The molecule has 0 aromatic heterocycles. The van der Waals surface area contributed by atoms with E-state index in [-0.39, 0.29) is 0 Å². The Bertz CT molecular complexity index is 400. The van der Waals surface area contributed by atoms with Gasteiger partial charge in [-0.3, -0.25) is 0 Å². The lowest BCUT2D eigenvalue weighted by Gasteiger charge is -2.19. The molecule has 0 radical (unpaired) electrons. The van der Waals surface area contributed by atoms with Gasteiger partial charge in [0.1, 0.15) is 5.54 Å². The average molecular weight is 191 g/mol. The fraction of sp³-hybridized carbons (Fsp3) is 0.364. The zero-order valence-corrected chi connectivity index (χ0v) is 8.08. The second kappa shape index (κ2) is 2.82. The number of benzene rings is 1. The first-order valence-electron chi connectivity index (χ1n) is 4.66. The highest BCUT2D eigenvalue weighted by atomic mass is 16.4. The van der Waals surface area contributed by atoms with E-state index >= 15 is 0 Å². The Hall–Kier alpha value is -1.35. The van der Waals surface area contributed by atoms with Gasteiger partial charge >= 0.3 is 5.97 Å². The number of aliphatic carboxylic acids is 1. The predicted octanol–water partition coefficient (Wildman–Crippen LogP) is 1.18. The van der Waals surface area contributed by atoms with Gasteiger partial charge in [-0.25, -0.2) is 4.79 Å². The fourth-order valence-electron chi connectivity index (χ4n) is 2.01. The molecule has 2 rings (SSSR count). The normalized spacial score (nSPS) is 24.7. The molecular weight excluding hydrogens is 178 g/mol. The lowest BCUT2D eigenvalue weighted by Crippen LogP contribution is -2.42. The molecule has 1 atom stereocenters. The molecular formula is C11H13NO2. The topological polar surface area (TPSA) is 63.3 Å². The lowest BCUT2D eigenvalue weighted by molar-refractivity contribution is -0.143. The van der Waals surface area contributed by atoms with Gasteiger partial charge < -0.3 is 10.8 Å². The third-order valence-electron chi connectivity index (χ3n) is 2.92. The van der Waals surface area contributed by atoms with Crippen LogP contribution in [0, 0.1) is 6.92 Å². The third-order valence-corrected chi connectivity index (χ3v) is 2.92. The minimum absolute atomic E-state index is 0.501. The molecule has 3 nitrogen and oxygen atoms in total. The van der Waals surface area contributed by atoms with Crippen molar-refractivity contribution >= 4 is 5.97 Å². The molecule has 0 saturated heterocycles. The molecule has 3 heteroatoms. The summed E-state index contributed by atoms with van der Waals surface area (Å²) in [7, 11) is 0. The molecule has 0 saturated carbocycles. The quantitative estimate of drug-likeness (QED) is 0.700. The van der Waals surface area contributed by atoms with E-state index in [4.69, 9.17) is 10.8 Å². The maximum Gasteiger partial charge on any atom is 0.328 e. The number of hydrogen-bond acceptors (Lipinski definition) is 2. The van der Waals surface area contributed by atoms with Crippen LogP contribution in [0.25, 0.3) is 0 Å². The van der Waals surface area contributed by atoms with Crippen molar-refractivity contribution in [2.45, 2.75) is 25.3 Å². The van der Waals surface area contributed by atoms with Crippen molar-refractivity contribution in [2.24, 2.45) is 5.73 Å². The molecule has 1 aliphatic rings. The molecule has 0 spiro atoms. The number of fused-ring (bicyclic) bond motifs is 1. The maximum atomic E-state index is 11.1. The van der Waals surface area contributed by atoms with Gasteiger partial charge in [0.05, 0.1) is 0 Å². The first kappa shape index (κ1) is 9.21. The Balaban J connectivity index is 2.58. The van der Waals surface area contributed by atoms with Crippen LogP contribution in [0.4, 0.5) is 0 Å². The highest BCUT2D eigenvalue weighted by Crippen LogP contribution is 2.35. The maximum absolute atomic E-state index is 11.1. The van der Waals surface area contributed by atoms with Crippen molar-refractivity contribution in [3.63, 3.8) is 0 Å². The van der Waals surface area contributed by atoms with Crippen LogP contribution in [0.1, 0.15) is 23.1 Å². The van der Waals surface area contributed by atoms with Crippen LogP contribution in [-0.4, -0.2) is 11.1 Å². The van der Waals surface area contributed by atoms with E-state index in [9.17, 15) is 4.79 Å². The van der Waals surface area contributed by atoms with Crippen LogP contribution >= 0.6 is 0 Å². The van der Waals surface area contributed by atoms with Gasteiger partial charge in [-0.05, 0) is 30.9 Å². The molecule has 1 aromatic rings. The molecule has 0 fully saturated rings. The van der Waals surface area contributed by atoms with Crippen LogP contribution in [0.15, 0.2) is 18.2 Å². The molecule has 1 aliphatic carbocycles. The molecule has 3 N–H and O–H groups in total. The van der Waals surface area contributed by atoms with Crippen molar-refractivity contribution in [1.29, 1.82) is 0 Å². The smallest absolute Gasteiger partial charge is 0.328 e. The van der Waals surface area contributed by atoms with Crippen molar-refractivity contribution in [3.8, 4) is 0 Å². The fourth-order valence-corrected chi connectivity index (χ4v) is 2.01. The second-order valence-electron chi connectivity index (χ2n) is 3.94. The highest BCUT2D eigenvalue weighted by molar-refractivity contribution is 5.82. The summed E-state index contributed by atoms with van der Waals surface area (Å²) in [6.45, 7) is 1.95. The van der Waals surface area contributed by atoms with Gasteiger partial charge in [-0.2, -0.15) is 0 Å². The number of aryl methyl sites for hydroxylation is 2. The van der Waals surface area contributed by atoms with Crippen molar-refractivity contribution in [1.82, 2.24) is 0 Å². The summed E-state index contributed by atoms with van der Waals surface area (Å²) in [6, 6.07) is 5.85. The number of hydrogen-bond donors (Lipinski definition) is 2. The molecule has 0 heterocycles. The summed E-state index contributed by atoms with van der Waals surface area (Å²) < 4.78 is 0. The summed E-state index contributed by atoms with van der Waals surface area (Å²) >= 11 is 0. The lowest BCUT2D eigenvalue weighted by atomic mass is 9.92. The van der Waals surface area contributed by atoms with E-state index < -0.39 is 11.5 Å². The van der Waals surface area contributed by atoms with E-state index in [1.54, 1.807) is 0 Å². The zero-order valence-electron chi connectivity index (χ0n) is 8.08. The molecule has 14 heavy (non-hydrogen) atoms. The summed E-state index contributed by atoms with van der Waals surface area (Å²) in [5.74, 6) is -0.929. The Morgan fingerprint density at radius 3 is 2.93 bits per heavy atom. The van der Waals surface area contributed by atoms with Gasteiger partial charge in [-0.1, -0.05) is 23.8 Å². The first-order valence-corrected chi connectivity index (χ1v) is 4.66. The van der Waals surface area contributed by atoms with Crippen LogP contribution in [0.5, 0.6) is 0 Å². The summed E-state index contributed by atoms with van der Waals surface area (Å²) in [5, 5.41) is 9.09. The highest BCUT2D eigenvalue weighted by Gasteiger charge is 2.41. The van der Waals surface area contributed by atoms with Gasteiger partial charge in [0.2, 0.25) is 0 Å². The van der Waals surface area contributed by atoms with Gasteiger partial charge in [0.25, 0.3) is 0 Å². The number of nitrogens with two attached hydrogens (primary N) is 1. The van der Waals surface area contributed by atoms with Gasteiger partial charge in [0, 0.05) is 0 Å². The van der Waals surface area contributed by atoms with Crippen LogP contribution in [0.3, 0.4) is 0 Å². The molecule has 74 valence electrons. The Morgan fingerprint density at radius 2 is 2.29 bits per heavy atom. The third kappa shape index (κ3) is 1.13. The van der Waals surface area contributed by atoms with Crippen LogP contribution in [0.2, 0.25) is 0 Å². The largest absolute Gasteiger partial charge is 0.480 e. The number of rotatable bonds is 1. The molecule has 0 unspecified atom stereocenters. The molecule has 0 bridgehead atoms. The summed E-state index contributed by atoms with van der Waals surface area (Å²) in [5.41, 5.74) is 7.63. The van der Waals surface area contributed by atoms with Crippen molar-refractivity contribution in [3.05, 3.63) is 34.9 Å². The van der Waals surface area contributed by atoms with Crippen molar-refractivity contribution < 1.29 is 9.90 Å². The zero-order chi connectivity index (χ0) is 10.3. The standard InChI is InChI=1S/C11H13NO2/c1-7-2-3-8-4-5-11(12,10(13)14)9(8)6-7/h2-3,6H,4-5,12H2,1H3,(H,13,14)/t11-/m1/s1. The Morgan fingerprint density at radius 1 is 1.57 bits per heavy atom. The molecule has 0 aliphatic heterocycles. The predicted molar refractivity (Wildman–Crippen MR) is 53.0 cm³/mol. The summed E-state index contributed by atoms with van der Waals surface area (Å²) in [6.07, 6.45) is 1.26. The van der Waals surface area contributed by atoms with Crippen LogP contribution < -0.4 is 5.73 Å². The number of carboxylic acid groups (broad SMARTS) is 1. The minimum Gasteiger partial charge on any atom is -0.480 e. The molecule has 1 aromatic carbocycles. The first-order chi connectivity index (χ1) is 6.54. The average Bonchev–Trinajstić information content (AvgIpc) is 2.46. The monoisotopic (exact) mass is 191 g/mol. The van der Waals surface area contributed by atoms with Crippen LogP contribution in [-0.2, 0) is 16.8 Å². The minimum atomic E-state index is -1.17. The van der Waals surface area contributed by atoms with Crippen molar-refractivity contribution in [2.75, 3.05) is 0 Å². The van der Waals surface area contributed by atoms with E-state index in [0.717, 1.165) is 23.1 Å². The molecule has 0 amide bonds. The number of carboxylic acids is 1. The second-order valence-corrected chi connectivity index (χ2v) is 3.94. The van der Waals surface area contributed by atoms with E-state index in [1.165, 1.54) is 0 Å². The SMILES string of the molecule is Cc1ccc2c(c1)[C@@](N)(C(=O)O)CC2. The number of carbonyl (C=O) groups is 1. The van der Waals surface area contributed by atoms with Gasteiger partial charge in [0.15, 0.2) is 0 Å². The van der Waals surface area contributed by atoms with E-state index in [0.29, 0.717) is 6.42 Å². The van der Waals surface area contributed by atoms with E-state index in [2.05, 4.69) is 0 Å². The Labute approximate surface area is 82.5 Å².